The molecule has 0 atom stereocenters. The van der Waals surface area contributed by atoms with Crippen molar-refractivity contribution in [1.82, 2.24) is 24.7 Å². The van der Waals surface area contributed by atoms with E-state index in [0.717, 1.165) is 22.2 Å². The van der Waals surface area contributed by atoms with Crippen molar-refractivity contribution in [2.75, 3.05) is 12.4 Å². The quantitative estimate of drug-likeness (QED) is 0.394. The predicted molar refractivity (Wildman–Crippen MR) is 125 cm³/mol. The second-order valence-corrected chi connectivity index (χ2v) is 7.59. The maximum atomic E-state index is 14.5. The van der Waals surface area contributed by atoms with Crippen molar-refractivity contribution in [3.05, 3.63) is 90.1 Å². The molecule has 2 aromatic carbocycles. The van der Waals surface area contributed by atoms with Gasteiger partial charge in [-0.2, -0.15) is 5.10 Å². The average molecular weight is 440 g/mol. The highest BCUT2D eigenvalue weighted by molar-refractivity contribution is 5.92. The third-order valence-corrected chi connectivity index (χ3v) is 5.32. The van der Waals surface area contributed by atoms with Crippen LogP contribution in [0.4, 0.5) is 15.9 Å². The van der Waals surface area contributed by atoms with Crippen molar-refractivity contribution >= 4 is 22.4 Å². The Labute approximate surface area is 189 Å². The first-order chi connectivity index (χ1) is 16.1. The number of anilines is 2. The molecule has 5 rings (SSSR count). The SMILES string of the molecule is COc1cnc(-c2nn(Cc3ccc(C)cc3F)c3ccccc23)nc1Nc1ccncc1. The fourth-order valence-electron chi connectivity index (χ4n) is 3.65. The molecule has 0 saturated carbocycles. The molecule has 164 valence electrons. The van der Waals surface area contributed by atoms with Gasteiger partial charge in [0.15, 0.2) is 17.4 Å². The lowest BCUT2D eigenvalue weighted by atomic mass is 10.1. The maximum absolute atomic E-state index is 14.5. The predicted octanol–water partition coefficient (Wildman–Crippen LogP) is 5.14. The first-order valence-corrected chi connectivity index (χ1v) is 10.4. The normalized spacial score (nSPS) is 11.0. The molecule has 0 amide bonds. The number of rotatable bonds is 6. The Hall–Kier alpha value is -4.33. The summed E-state index contributed by atoms with van der Waals surface area (Å²) < 4.78 is 21.7. The number of benzene rings is 2. The minimum Gasteiger partial charge on any atom is -0.491 e. The Morgan fingerprint density at radius 2 is 1.88 bits per heavy atom. The zero-order valence-electron chi connectivity index (χ0n) is 18.2. The van der Waals surface area contributed by atoms with Gasteiger partial charge in [-0.1, -0.05) is 30.3 Å². The molecule has 0 aliphatic rings. The fraction of sp³-hybridized carbons (Fsp3) is 0.120. The molecule has 0 radical (unpaired) electrons. The van der Waals surface area contributed by atoms with E-state index in [9.17, 15) is 4.39 Å². The van der Waals surface area contributed by atoms with Crippen LogP contribution in [0.3, 0.4) is 0 Å². The van der Waals surface area contributed by atoms with Gasteiger partial charge in [-0.05, 0) is 36.8 Å². The summed E-state index contributed by atoms with van der Waals surface area (Å²) in [4.78, 5) is 13.2. The highest BCUT2D eigenvalue weighted by atomic mass is 19.1. The topological polar surface area (TPSA) is 77.8 Å². The first-order valence-electron chi connectivity index (χ1n) is 10.4. The van der Waals surface area contributed by atoms with Crippen LogP contribution in [-0.4, -0.2) is 31.8 Å². The van der Waals surface area contributed by atoms with Crippen LogP contribution in [0.1, 0.15) is 11.1 Å². The number of methoxy groups -OCH3 is 1. The van der Waals surface area contributed by atoms with E-state index in [2.05, 4.69) is 15.3 Å². The van der Waals surface area contributed by atoms with Crippen LogP contribution in [0.2, 0.25) is 0 Å². The number of fused-ring (bicyclic) bond motifs is 1. The van der Waals surface area contributed by atoms with E-state index in [1.54, 1.807) is 36.4 Å². The monoisotopic (exact) mass is 440 g/mol. The molecule has 0 spiro atoms. The first kappa shape index (κ1) is 20.6. The largest absolute Gasteiger partial charge is 0.491 e. The van der Waals surface area contributed by atoms with Gasteiger partial charge in [0.1, 0.15) is 11.5 Å². The molecule has 3 heterocycles. The van der Waals surface area contributed by atoms with Gasteiger partial charge in [-0.15, -0.1) is 0 Å². The summed E-state index contributed by atoms with van der Waals surface area (Å²) in [6.45, 7) is 2.16. The summed E-state index contributed by atoms with van der Waals surface area (Å²) in [5, 5.41) is 8.89. The van der Waals surface area contributed by atoms with Crippen molar-refractivity contribution in [2.45, 2.75) is 13.5 Å². The van der Waals surface area contributed by atoms with Gasteiger partial charge in [-0.3, -0.25) is 9.67 Å². The Bertz CT molecular complexity index is 1430. The Kier molecular flexibility index (Phi) is 5.40. The molecule has 5 aromatic rings. The molecule has 0 saturated heterocycles. The number of nitrogens with one attached hydrogen (secondary N) is 1. The number of nitrogens with zero attached hydrogens (tertiary/aromatic N) is 5. The standard InChI is InChI=1S/C25H21FN6O/c1-16-7-8-17(20(26)13-16)15-32-21-6-4-3-5-19(21)23(31-32)25-28-14-22(33-2)24(30-25)29-18-9-11-27-12-10-18/h3-14H,15H2,1-2H3,(H,27,28,29,30). The number of pyridine rings is 1. The van der Waals surface area contributed by atoms with E-state index in [4.69, 9.17) is 14.8 Å². The van der Waals surface area contributed by atoms with Crippen LogP contribution >= 0.6 is 0 Å². The Balaban J connectivity index is 1.58. The second kappa shape index (κ2) is 8.66. The van der Waals surface area contributed by atoms with Gasteiger partial charge >= 0.3 is 0 Å². The summed E-state index contributed by atoms with van der Waals surface area (Å²) in [6, 6.07) is 16.7. The Morgan fingerprint density at radius 1 is 1.06 bits per heavy atom. The Morgan fingerprint density at radius 3 is 2.67 bits per heavy atom. The van der Waals surface area contributed by atoms with E-state index in [1.807, 2.05) is 49.4 Å². The molecule has 7 nitrogen and oxygen atoms in total. The van der Waals surface area contributed by atoms with Gasteiger partial charge in [0, 0.05) is 29.0 Å². The third-order valence-electron chi connectivity index (χ3n) is 5.32. The van der Waals surface area contributed by atoms with Crippen LogP contribution in [0.25, 0.3) is 22.4 Å². The number of ether oxygens (including phenoxy) is 1. The van der Waals surface area contributed by atoms with Crippen molar-refractivity contribution < 1.29 is 9.13 Å². The van der Waals surface area contributed by atoms with Crippen molar-refractivity contribution in [3.8, 4) is 17.3 Å². The number of hydrogen-bond acceptors (Lipinski definition) is 6. The van der Waals surface area contributed by atoms with Crippen molar-refractivity contribution in [1.29, 1.82) is 0 Å². The molecular formula is C25H21FN6O. The summed E-state index contributed by atoms with van der Waals surface area (Å²) in [6.07, 6.45) is 4.99. The summed E-state index contributed by atoms with van der Waals surface area (Å²) in [5.74, 6) is 1.20. The van der Waals surface area contributed by atoms with Gasteiger partial charge in [0.2, 0.25) is 0 Å². The van der Waals surface area contributed by atoms with E-state index in [1.165, 1.54) is 6.07 Å². The molecule has 0 aliphatic carbocycles. The number of aryl methyl sites for hydroxylation is 1. The molecule has 0 fully saturated rings. The molecule has 8 heteroatoms. The van der Waals surface area contributed by atoms with Gasteiger partial charge in [-0.25, -0.2) is 14.4 Å². The number of halogens is 1. The molecular weight excluding hydrogens is 419 g/mol. The molecule has 1 N–H and O–H groups in total. The highest BCUT2D eigenvalue weighted by Crippen LogP contribution is 2.31. The van der Waals surface area contributed by atoms with Crippen LogP contribution < -0.4 is 10.1 Å². The van der Waals surface area contributed by atoms with Gasteiger partial charge in [0.05, 0.1) is 25.4 Å². The lowest BCUT2D eigenvalue weighted by molar-refractivity contribution is 0.413. The van der Waals surface area contributed by atoms with Crippen molar-refractivity contribution in [2.24, 2.45) is 0 Å². The fourth-order valence-corrected chi connectivity index (χ4v) is 3.65. The highest BCUT2D eigenvalue weighted by Gasteiger charge is 2.18. The number of aromatic nitrogens is 5. The van der Waals surface area contributed by atoms with E-state index in [-0.39, 0.29) is 5.82 Å². The van der Waals surface area contributed by atoms with E-state index < -0.39 is 0 Å². The second-order valence-electron chi connectivity index (χ2n) is 7.59. The average Bonchev–Trinajstić information content (AvgIpc) is 3.20. The third kappa shape index (κ3) is 4.10. The summed E-state index contributed by atoms with van der Waals surface area (Å²) in [5.41, 5.74) is 3.74. The lowest BCUT2D eigenvalue weighted by Gasteiger charge is -2.10. The summed E-state index contributed by atoms with van der Waals surface area (Å²) in [7, 11) is 1.57. The molecule has 0 bridgehead atoms. The number of para-hydroxylation sites is 1. The zero-order chi connectivity index (χ0) is 22.8. The van der Waals surface area contributed by atoms with Gasteiger partial charge in [0.25, 0.3) is 0 Å². The summed E-state index contributed by atoms with van der Waals surface area (Å²) >= 11 is 0. The molecule has 0 unspecified atom stereocenters. The minimum absolute atomic E-state index is 0.249. The van der Waals surface area contributed by atoms with Crippen LogP contribution in [0.15, 0.2) is 73.2 Å². The molecule has 0 aliphatic heterocycles. The van der Waals surface area contributed by atoms with Crippen LogP contribution in [-0.2, 0) is 6.54 Å². The van der Waals surface area contributed by atoms with Gasteiger partial charge < -0.3 is 10.1 Å². The van der Waals surface area contributed by atoms with Crippen LogP contribution in [0, 0.1) is 12.7 Å². The minimum atomic E-state index is -0.249. The van der Waals surface area contributed by atoms with E-state index in [0.29, 0.717) is 35.2 Å². The number of hydrogen-bond donors (Lipinski definition) is 1. The lowest BCUT2D eigenvalue weighted by Crippen LogP contribution is -2.05. The van der Waals surface area contributed by atoms with E-state index >= 15 is 0 Å². The maximum Gasteiger partial charge on any atom is 0.183 e. The molecule has 33 heavy (non-hydrogen) atoms. The molecule has 3 aromatic heterocycles. The van der Waals surface area contributed by atoms with Crippen molar-refractivity contribution in [3.63, 3.8) is 0 Å². The zero-order valence-corrected chi connectivity index (χ0v) is 18.2. The smallest absolute Gasteiger partial charge is 0.183 e. The van der Waals surface area contributed by atoms with Crippen LogP contribution in [0.5, 0.6) is 5.75 Å².